The minimum atomic E-state index is -0.325. The third-order valence-electron chi connectivity index (χ3n) is 2.26. The molecule has 0 saturated carbocycles. The van der Waals surface area contributed by atoms with Crippen LogP contribution in [0.1, 0.15) is 33.6 Å². The summed E-state index contributed by atoms with van der Waals surface area (Å²) in [4.78, 5) is 11.1. The first-order valence-corrected chi connectivity index (χ1v) is 7.21. The number of rotatable bonds is 13. The highest BCUT2D eigenvalue weighted by molar-refractivity contribution is 5.82. The fourth-order valence-corrected chi connectivity index (χ4v) is 1.27. The molecule has 0 spiro atoms. The second-order valence-corrected chi connectivity index (χ2v) is 4.58. The van der Waals surface area contributed by atoms with Crippen molar-refractivity contribution < 1.29 is 23.7 Å². The maximum atomic E-state index is 11.1. The number of esters is 1. The van der Waals surface area contributed by atoms with Gasteiger partial charge in [0.15, 0.2) is 0 Å². The Hall–Kier alpha value is -0.910. The lowest BCUT2D eigenvalue weighted by molar-refractivity contribution is -0.139. The molecule has 0 amide bonds. The largest absolute Gasteiger partial charge is 0.460 e. The van der Waals surface area contributed by atoms with Crippen LogP contribution >= 0.6 is 0 Å². The highest BCUT2D eigenvalue weighted by atomic mass is 16.6. The maximum Gasteiger partial charge on any atom is 0.330 e. The second-order valence-electron chi connectivity index (χ2n) is 4.58. The summed E-state index contributed by atoms with van der Waals surface area (Å²) in [6, 6.07) is 0. The molecule has 0 fully saturated rings. The molecule has 0 aliphatic rings. The van der Waals surface area contributed by atoms with Gasteiger partial charge in [-0.15, -0.1) is 0 Å². The number of carbonyl (C=O) groups is 1. The average Bonchev–Trinajstić information content (AvgIpc) is 2.39. The number of allylic oxidation sites excluding steroid dienone is 1. The summed E-state index contributed by atoms with van der Waals surface area (Å²) in [5.41, 5.74) is 0.922. The molecule has 5 heteroatoms. The van der Waals surface area contributed by atoms with E-state index in [2.05, 4.69) is 6.92 Å². The molecule has 5 nitrogen and oxygen atoms in total. The molecule has 0 rings (SSSR count). The van der Waals surface area contributed by atoms with Gasteiger partial charge in [-0.3, -0.25) is 0 Å². The summed E-state index contributed by atoms with van der Waals surface area (Å²) in [5, 5.41) is 0. The molecule has 0 aromatic heterocycles. The van der Waals surface area contributed by atoms with Crippen molar-refractivity contribution in [2.75, 3.05) is 46.2 Å². The van der Waals surface area contributed by atoms with Crippen LogP contribution in [0, 0.1) is 0 Å². The van der Waals surface area contributed by atoms with Gasteiger partial charge in [0.2, 0.25) is 0 Å². The predicted octanol–water partition coefficient (Wildman–Crippen LogP) is 2.35. The van der Waals surface area contributed by atoms with Crippen molar-refractivity contribution >= 4 is 5.97 Å². The standard InChI is InChI=1S/C15H28O5/c1-4-5-6-17-7-8-18-9-10-19-11-12-20-15(16)13-14(2)3/h13H,4-12H2,1-3H3. The molecule has 20 heavy (non-hydrogen) atoms. The van der Waals surface area contributed by atoms with Gasteiger partial charge in [-0.25, -0.2) is 4.79 Å². The Labute approximate surface area is 122 Å². The minimum Gasteiger partial charge on any atom is -0.460 e. The monoisotopic (exact) mass is 288 g/mol. The molecule has 0 unspecified atom stereocenters. The van der Waals surface area contributed by atoms with Crippen molar-refractivity contribution in [2.24, 2.45) is 0 Å². The minimum absolute atomic E-state index is 0.267. The van der Waals surface area contributed by atoms with E-state index in [1.165, 1.54) is 6.08 Å². The van der Waals surface area contributed by atoms with E-state index in [1.807, 2.05) is 13.8 Å². The molecule has 0 atom stereocenters. The zero-order chi connectivity index (χ0) is 15.1. The van der Waals surface area contributed by atoms with Gasteiger partial charge >= 0.3 is 5.97 Å². The first kappa shape index (κ1) is 19.1. The van der Waals surface area contributed by atoms with Crippen molar-refractivity contribution in [3.63, 3.8) is 0 Å². The summed E-state index contributed by atoms with van der Waals surface area (Å²) < 4.78 is 20.9. The van der Waals surface area contributed by atoms with Crippen LogP contribution in [0.25, 0.3) is 0 Å². The van der Waals surface area contributed by atoms with Crippen LogP contribution in [-0.4, -0.2) is 52.2 Å². The Morgan fingerprint density at radius 3 is 1.85 bits per heavy atom. The molecule has 0 aromatic carbocycles. The first-order valence-electron chi connectivity index (χ1n) is 7.21. The van der Waals surface area contributed by atoms with Crippen LogP contribution in [0.15, 0.2) is 11.6 Å². The second kappa shape index (κ2) is 14.5. The van der Waals surface area contributed by atoms with Gasteiger partial charge in [0.25, 0.3) is 0 Å². The molecule has 0 heterocycles. The van der Waals surface area contributed by atoms with Gasteiger partial charge in [-0.1, -0.05) is 18.9 Å². The fourth-order valence-electron chi connectivity index (χ4n) is 1.27. The molecule has 0 aliphatic carbocycles. The molecule has 0 radical (unpaired) electrons. The average molecular weight is 288 g/mol. The van der Waals surface area contributed by atoms with E-state index in [0.717, 1.165) is 25.0 Å². The molecule has 0 bridgehead atoms. The van der Waals surface area contributed by atoms with Crippen molar-refractivity contribution in [3.05, 3.63) is 11.6 Å². The van der Waals surface area contributed by atoms with E-state index in [1.54, 1.807) is 0 Å². The van der Waals surface area contributed by atoms with E-state index in [4.69, 9.17) is 18.9 Å². The zero-order valence-electron chi connectivity index (χ0n) is 13.0. The van der Waals surface area contributed by atoms with Crippen LogP contribution in [0.3, 0.4) is 0 Å². The Kier molecular flexibility index (Phi) is 13.8. The van der Waals surface area contributed by atoms with Crippen LogP contribution in [0.5, 0.6) is 0 Å². The third-order valence-corrected chi connectivity index (χ3v) is 2.26. The quantitative estimate of drug-likeness (QED) is 0.296. The van der Waals surface area contributed by atoms with Crippen molar-refractivity contribution in [2.45, 2.75) is 33.6 Å². The third kappa shape index (κ3) is 15.1. The molecule has 0 aromatic rings. The number of ether oxygens (including phenoxy) is 4. The maximum absolute atomic E-state index is 11.1. The summed E-state index contributed by atoms with van der Waals surface area (Å²) >= 11 is 0. The highest BCUT2D eigenvalue weighted by Crippen LogP contribution is 1.91. The molecular formula is C15H28O5. The summed E-state index contributed by atoms with van der Waals surface area (Å²) in [6.07, 6.45) is 3.70. The van der Waals surface area contributed by atoms with Crippen LogP contribution in [0.2, 0.25) is 0 Å². The van der Waals surface area contributed by atoms with E-state index >= 15 is 0 Å². The van der Waals surface area contributed by atoms with Gasteiger partial charge in [-0.2, -0.15) is 0 Å². The highest BCUT2D eigenvalue weighted by Gasteiger charge is 1.97. The fraction of sp³-hybridized carbons (Fsp3) is 0.800. The first-order chi connectivity index (χ1) is 9.66. The van der Waals surface area contributed by atoms with Gasteiger partial charge in [0.05, 0.1) is 33.0 Å². The zero-order valence-corrected chi connectivity index (χ0v) is 13.0. The van der Waals surface area contributed by atoms with Crippen molar-refractivity contribution in [3.8, 4) is 0 Å². The van der Waals surface area contributed by atoms with Gasteiger partial charge in [0.1, 0.15) is 6.61 Å². The van der Waals surface area contributed by atoms with Gasteiger partial charge in [-0.05, 0) is 20.3 Å². The Balaban J connectivity index is 3.13. The molecular weight excluding hydrogens is 260 g/mol. The number of carbonyl (C=O) groups excluding carboxylic acids is 1. The summed E-state index contributed by atoms with van der Waals surface area (Å²) in [7, 11) is 0. The molecule has 0 N–H and O–H groups in total. The SMILES string of the molecule is CCCCOCCOCCOCCOC(=O)C=C(C)C. The summed E-state index contributed by atoms with van der Waals surface area (Å²) in [6.45, 7) is 9.52. The van der Waals surface area contributed by atoms with Crippen molar-refractivity contribution in [1.82, 2.24) is 0 Å². The van der Waals surface area contributed by atoms with E-state index in [-0.39, 0.29) is 12.6 Å². The normalized spacial score (nSPS) is 10.3. The van der Waals surface area contributed by atoms with Crippen LogP contribution in [0.4, 0.5) is 0 Å². The lowest BCUT2D eigenvalue weighted by atomic mass is 10.3. The lowest BCUT2D eigenvalue weighted by Crippen LogP contribution is -2.13. The Morgan fingerprint density at radius 2 is 1.35 bits per heavy atom. The number of hydrogen-bond acceptors (Lipinski definition) is 5. The molecule has 118 valence electrons. The van der Waals surface area contributed by atoms with Gasteiger partial charge < -0.3 is 18.9 Å². The smallest absolute Gasteiger partial charge is 0.330 e. The van der Waals surface area contributed by atoms with Crippen molar-refractivity contribution in [1.29, 1.82) is 0 Å². The molecule has 0 aliphatic heterocycles. The topological polar surface area (TPSA) is 54.0 Å². The molecule has 0 saturated heterocycles. The van der Waals surface area contributed by atoms with E-state index in [9.17, 15) is 4.79 Å². The number of hydrogen-bond donors (Lipinski definition) is 0. The number of unbranched alkanes of at least 4 members (excludes halogenated alkanes) is 1. The Morgan fingerprint density at radius 1 is 0.850 bits per heavy atom. The van der Waals surface area contributed by atoms with E-state index in [0.29, 0.717) is 33.0 Å². The van der Waals surface area contributed by atoms with Gasteiger partial charge in [0, 0.05) is 12.7 Å². The lowest BCUT2D eigenvalue weighted by Gasteiger charge is -2.06. The van der Waals surface area contributed by atoms with E-state index < -0.39 is 0 Å². The van der Waals surface area contributed by atoms with Crippen LogP contribution in [-0.2, 0) is 23.7 Å². The summed E-state index contributed by atoms with van der Waals surface area (Å²) in [5.74, 6) is -0.325. The predicted molar refractivity (Wildman–Crippen MR) is 77.8 cm³/mol. The Bertz CT molecular complexity index is 259. The van der Waals surface area contributed by atoms with Crippen LogP contribution < -0.4 is 0 Å².